The number of anilines is 1. The number of aromatic nitrogens is 3. The third-order valence-corrected chi connectivity index (χ3v) is 7.08. The average molecular weight is 512 g/mol. The Labute approximate surface area is 220 Å². The Bertz CT molecular complexity index is 1430. The number of fused-ring (bicyclic) bond motifs is 1. The lowest BCUT2D eigenvalue weighted by atomic mass is 10.0. The summed E-state index contributed by atoms with van der Waals surface area (Å²) in [5.41, 5.74) is 1.60. The molecule has 2 saturated heterocycles. The van der Waals surface area contributed by atoms with Gasteiger partial charge in [-0.25, -0.2) is 9.97 Å². The highest BCUT2D eigenvalue weighted by atomic mass is 16.6. The molecule has 6 rings (SSSR count). The summed E-state index contributed by atoms with van der Waals surface area (Å²) in [4.78, 5) is 40.2. The molecule has 2 N–H and O–H groups in total. The molecule has 2 aliphatic heterocycles. The summed E-state index contributed by atoms with van der Waals surface area (Å²) in [6.45, 7) is 1.78. The molecule has 9 heteroatoms. The van der Waals surface area contributed by atoms with Crippen molar-refractivity contribution in [2.45, 2.75) is 37.8 Å². The molecule has 194 valence electrons. The van der Waals surface area contributed by atoms with Crippen molar-refractivity contribution in [3.05, 3.63) is 78.2 Å². The third kappa shape index (κ3) is 5.10. The molecule has 38 heavy (non-hydrogen) atoms. The second-order valence-corrected chi connectivity index (χ2v) is 9.65. The minimum absolute atomic E-state index is 0.0365. The predicted molar refractivity (Wildman–Crippen MR) is 142 cm³/mol. The number of ketones is 1. The first-order valence-corrected chi connectivity index (χ1v) is 13.0. The Hall–Kier alpha value is -4.24. The molecular formula is C29H29N5O4. The van der Waals surface area contributed by atoms with Gasteiger partial charge in [-0.2, -0.15) is 0 Å². The molecular weight excluding hydrogens is 482 g/mol. The molecule has 0 spiro atoms. The average Bonchev–Trinajstić information content (AvgIpc) is 3.75. The van der Waals surface area contributed by atoms with E-state index in [2.05, 4.69) is 20.3 Å². The second-order valence-electron chi connectivity index (χ2n) is 9.65. The number of likely N-dealkylation sites (tertiary alicyclic amines) is 1. The first-order chi connectivity index (χ1) is 18.7. The predicted octanol–water partition coefficient (Wildman–Crippen LogP) is 4.56. The van der Waals surface area contributed by atoms with Crippen LogP contribution in [0.4, 0.5) is 5.82 Å². The van der Waals surface area contributed by atoms with Crippen LogP contribution in [0.2, 0.25) is 0 Å². The molecule has 2 atom stereocenters. The van der Waals surface area contributed by atoms with Gasteiger partial charge in [0.25, 0.3) is 5.91 Å². The highest BCUT2D eigenvalue weighted by molar-refractivity contribution is 6.18. The standard InChI is InChI=1S/C29H29N5O4/c35-26(19-10-12-22(13-11-19)38-21-8-4-1-5-9-21)23-16-31-28-25(23)27(32-18-33-28)30-15-20-7-3-2-6-14-34(20)29(36)24-17-37-24/h1,4-5,8-13,16,18,20,24H,2-3,6-7,14-15,17H2,(H2,30,31,32,33). The number of nitrogens with one attached hydrogen (secondary N) is 2. The van der Waals surface area contributed by atoms with E-state index >= 15 is 0 Å². The highest BCUT2D eigenvalue weighted by Gasteiger charge is 2.38. The summed E-state index contributed by atoms with van der Waals surface area (Å²) in [5.74, 6) is 1.88. The van der Waals surface area contributed by atoms with Crippen molar-refractivity contribution in [1.82, 2.24) is 19.9 Å². The van der Waals surface area contributed by atoms with Crippen LogP contribution in [0.25, 0.3) is 11.0 Å². The van der Waals surface area contributed by atoms with Crippen LogP contribution in [-0.2, 0) is 9.53 Å². The molecule has 0 bridgehead atoms. The first kappa shape index (κ1) is 24.1. The molecule has 9 nitrogen and oxygen atoms in total. The summed E-state index contributed by atoms with van der Waals surface area (Å²) in [6.07, 6.45) is 6.94. The maximum absolute atomic E-state index is 13.5. The largest absolute Gasteiger partial charge is 0.457 e. The van der Waals surface area contributed by atoms with Crippen LogP contribution in [0.3, 0.4) is 0 Å². The molecule has 2 fully saturated rings. The number of para-hydroxylation sites is 1. The summed E-state index contributed by atoms with van der Waals surface area (Å²) < 4.78 is 11.1. The van der Waals surface area contributed by atoms with Crippen LogP contribution < -0.4 is 10.1 Å². The van der Waals surface area contributed by atoms with Crippen LogP contribution in [0.5, 0.6) is 11.5 Å². The molecule has 1 amide bonds. The molecule has 2 aromatic heterocycles. The molecule has 4 aromatic rings. The zero-order valence-electron chi connectivity index (χ0n) is 20.9. The van der Waals surface area contributed by atoms with Gasteiger partial charge in [0.2, 0.25) is 0 Å². The van der Waals surface area contributed by atoms with Crippen molar-refractivity contribution in [1.29, 1.82) is 0 Å². The summed E-state index contributed by atoms with van der Waals surface area (Å²) >= 11 is 0. The molecule has 0 radical (unpaired) electrons. The summed E-state index contributed by atoms with van der Waals surface area (Å²) in [6, 6.07) is 16.6. The quantitative estimate of drug-likeness (QED) is 0.263. The normalized spacial score (nSPS) is 19.1. The Morgan fingerprint density at radius 3 is 2.61 bits per heavy atom. The van der Waals surface area contributed by atoms with E-state index in [0.717, 1.165) is 38.0 Å². The maximum Gasteiger partial charge on any atom is 0.254 e. The van der Waals surface area contributed by atoms with Crippen LogP contribution in [0.1, 0.15) is 41.6 Å². The van der Waals surface area contributed by atoms with E-state index in [1.807, 2.05) is 35.2 Å². The number of epoxide rings is 1. The van der Waals surface area contributed by atoms with E-state index in [-0.39, 0.29) is 23.8 Å². The highest BCUT2D eigenvalue weighted by Crippen LogP contribution is 2.28. The van der Waals surface area contributed by atoms with Crippen LogP contribution >= 0.6 is 0 Å². The van der Waals surface area contributed by atoms with Crippen molar-refractivity contribution in [2.24, 2.45) is 0 Å². The van der Waals surface area contributed by atoms with E-state index in [0.29, 0.717) is 46.9 Å². The van der Waals surface area contributed by atoms with Gasteiger partial charge in [-0.3, -0.25) is 9.59 Å². The van der Waals surface area contributed by atoms with Crippen LogP contribution in [0.15, 0.2) is 67.1 Å². The lowest BCUT2D eigenvalue weighted by Crippen LogP contribution is -2.45. The fourth-order valence-corrected chi connectivity index (χ4v) is 5.00. The molecule has 4 heterocycles. The van der Waals surface area contributed by atoms with Gasteiger partial charge in [-0.15, -0.1) is 0 Å². The van der Waals surface area contributed by atoms with Gasteiger partial charge >= 0.3 is 0 Å². The van der Waals surface area contributed by atoms with Gasteiger partial charge in [-0.05, 0) is 49.2 Å². The van der Waals surface area contributed by atoms with Crippen molar-refractivity contribution in [3.63, 3.8) is 0 Å². The number of aromatic amines is 1. The van der Waals surface area contributed by atoms with Crippen LogP contribution in [0, 0.1) is 0 Å². The molecule has 0 saturated carbocycles. The Kier molecular flexibility index (Phi) is 6.75. The van der Waals surface area contributed by atoms with Gasteiger partial charge in [0.15, 0.2) is 11.9 Å². The summed E-state index contributed by atoms with van der Waals surface area (Å²) in [7, 11) is 0. The smallest absolute Gasteiger partial charge is 0.254 e. The zero-order chi connectivity index (χ0) is 25.9. The minimum Gasteiger partial charge on any atom is -0.457 e. The van der Waals surface area contributed by atoms with Gasteiger partial charge in [-0.1, -0.05) is 31.0 Å². The summed E-state index contributed by atoms with van der Waals surface area (Å²) in [5, 5.41) is 4.06. The minimum atomic E-state index is -0.292. The monoisotopic (exact) mass is 511 g/mol. The molecule has 0 aliphatic carbocycles. The SMILES string of the molecule is O=C(c1ccc(Oc2ccccc2)cc1)c1c[nH]c2ncnc(NCC3CCCCCN3C(=O)C3CO3)c12. The van der Waals surface area contributed by atoms with Crippen molar-refractivity contribution >= 4 is 28.5 Å². The number of H-pyrrole nitrogens is 1. The van der Waals surface area contributed by atoms with E-state index in [9.17, 15) is 9.59 Å². The number of hydrogen-bond donors (Lipinski definition) is 2. The number of nitrogens with zero attached hydrogens (tertiary/aromatic N) is 3. The lowest BCUT2D eigenvalue weighted by molar-refractivity contribution is -0.134. The van der Waals surface area contributed by atoms with Gasteiger partial charge < -0.3 is 24.7 Å². The van der Waals surface area contributed by atoms with E-state index < -0.39 is 0 Å². The number of carbonyl (C=O) groups excluding carboxylic acids is 2. The molecule has 2 unspecified atom stereocenters. The van der Waals surface area contributed by atoms with E-state index in [1.165, 1.54) is 6.33 Å². The number of rotatable bonds is 8. The molecule has 2 aliphatic rings. The number of ether oxygens (including phenoxy) is 2. The number of hydrogen-bond acceptors (Lipinski definition) is 7. The fourth-order valence-electron chi connectivity index (χ4n) is 5.00. The second kappa shape index (κ2) is 10.6. The fraction of sp³-hybridized carbons (Fsp3) is 0.310. The third-order valence-electron chi connectivity index (χ3n) is 7.08. The zero-order valence-corrected chi connectivity index (χ0v) is 20.9. The maximum atomic E-state index is 13.5. The van der Waals surface area contributed by atoms with Gasteiger partial charge in [0, 0.05) is 30.9 Å². The number of amides is 1. The lowest BCUT2D eigenvalue weighted by Gasteiger charge is -2.30. The van der Waals surface area contributed by atoms with Gasteiger partial charge in [0.05, 0.1) is 17.6 Å². The Morgan fingerprint density at radius 2 is 1.82 bits per heavy atom. The number of carbonyl (C=O) groups is 2. The van der Waals surface area contributed by atoms with E-state index in [1.54, 1.807) is 30.5 Å². The van der Waals surface area contributed by atoms with Gasteiger partial charge in [0.1, 0.15) is 29.3 Å². The Morgan fingerprint density at radius 1 is 1.03 bits per heavy atom. The van der Waals surface area contributed by atoms with Crippen molar-refractivity contribution in [2.75, 3.05) is 25.0 Å². The topological polar surface area (TPSA) is 113 Å². The van der Waals surface area contributed by atoms with Crippen molar-refractivity contribution < 1.29 is 19.1 Å². The first-order valence-electron chi connectivity index (χ1n) is 13.0. The number of benzene rings is 2. The Balaban J connectivity index is 1.21. The van der Waals surface area contributed by atoms with E-state index in [4.69, 9.17) is 9.47 Å². The molecule has 2 aromatic carbocycles. The van der Waals surface area contributed by atoms with Crippen molar-refractivity contribution in [3.8, 4) is 11.5 Å². The van der Waals surface area contributed by atoms with Crippen LogP contribution in [-0.4, -0.2) is 63.4 Å².